The fourth-order valence-electron chi connectivity index (χ4n) is 1.75. The Hall–Kier alpha value is -1.07. The predicted molar refractivity (Wildman–Crippen MR) is 81.6 cm³/mol. The van der Waals surface area contributed by atoms with Crippen molar-refractivity contribution in [1.29, 1.82) is 0 Å². The Balaban J connectivity index is 2.09. The zero-order chi connectivity index (χ0) is 13.8. The second-order valence-corrected chi connectivity index (χ2v) is 6.58. The van der Waals surface area contributed by atoms with Gasteiger partial charge in [0.05, 0.1) is 16.4 Å². The molecule has 1 N–H and O–H groups in total. The molecule has 1 aromatic heterocycles. The molecular formula is C14H15BrFNOS. The van der Waals surface area contributed by atoms with Gasteiger partial charge in [0.1, 0.15) is 0 Å². The molecule has 0 aliphatic carbocycles. The van der Waals surface area contributed by atoms with Crippen molar-refractivity contribution in [3.63, 3.8) is 0 Å². The second kappa shape index (κ2) is 6.39. The standard InChI is InChI=1S/C14H15BrFNOS/c1-3-18-12-5-4-10(8-11(12)16)17-9(2)13-6-7-14(15)19-13/h4-9,17H,3H2,1-2H3. The summed E-state index contributed by atoms with van der Waals surface area (Å²) in [6.07, 6.45) is 0. The molecule has 0 fully saturated rings. The number of rotatable bonds is 5. The van der Waals surface area contributed by atoms with Crippen LogP contribution >= 0.6 is 27.3 Å². The maximum atomic E-state index is 13.7. The minimum atomic E-state index is -0.341. The van der Waals surface area contributed by atoms with Crippen LogP contribution in [0.4, 0.5) is 10.1 Å². The van der Waals surface area contributed by atoms with Crippen LogP contribution in [0.5, 0.6) is 5.75 Å². The molecule has 0 amide bonds. The van der Waals surface area contributed by atoms with E-state index in [1.54, 1.807) is 17.4 Å². The van der Waals surface area contributed by atoms with Gasteiger partial charge in [-0.05, 0) is 54.0 Å². The highest BCUT2D eigenvalue weighted by Crippen LogP contribution is 2.30. The van der Waals surface area contributed by atoms with E-state index in [4.69, 9.17) is 4.74 Å². The smallest absolute Gasteiger partial charge is 0.167 e. The van der Waals surface area contributed by atoms with E-state index in [0.29, 0.717) is 12.4 Å². The minimum Gasteiger partial charge on any atom is -0.491 e. The second-order valence-electron chi connectivity index (χ2n) is 4.09. The van der Waals surface area contributed by atoms with Gasteiger partial charge in [-0.2, -0.15) is 0 Å². The normalized spacial score (nSPS) is 12.2. The Labute approximate surface area is 124 Å². The van der Waals surface area contributed by atoms with Crippen molar-refractivity contribution in [2.45, 2.75) is 19.9 Å². The van der Waals surface area contributed by atoms with Crippen LogP contribution in [0, 0.1) is 5.82 Å². The first-order valence-corrected chi connectivity index (χ1v) is 7.65. The molecule has 0 saturated carbocycles. The molecule has 2 rings (SSSR count). The van der Waals surface area contributed by atoms with Crippen molar-refractivity contribution in [1.82, 2.24) is 0 Å². The third-order valence-corrected chi connectivity index (χ3v) is 4.44. The van der Waals surface area contributed by atoms with E-state index in [1.165, 1.54) is 10.9 Å². The van der Waals surface area contributed by atoms with E-state index >= 15 is 0 Å². The molecule has 0 aliphatic rings. The van der Waals surface area contributed by atoms with E-state index in [9.17, 15) is 4.39 Å². The maximum absolute atomic E-state index is 13.7. The number of halogens is 2. The van der Waals surface area contributed by atoms with Gasteiger partial charge >= 0.3 is 0 Å². The van der Waals surface area contributed by atoms with Gasteiger partial charge < -0.3 is 10.1 Å². The number of hydrogen-bond donors (Lipinski definition) is 1. The van der Waals surface area contributed by atoms with E-state index in [2.05, 4.69) is 27.3 Å². The average Bonchev–Trinajstić information content (AvgIpc) is 2.80. The third kappa shape index (κ3) is 3.70. The molecule has 1 unspecified atom stereocenters. The van der Waals surface area contributed by atoms with Crippen LogP contribution in [0.15, 0.2) is 34.1 Å². The van der Waals surface area contributed by atoms with Crippen molar-refractivity contribution in [3.8, 4) is 5.75 Å². The number of benzene rings is 1. The Bertz CT molecular complexity index is 558. The molecule has 2 aromatic rings. The largest absolute Gasteiger partial charge is 0.491 e. The molecule has 0 spiro atoms. The summed E-state index contributed by atoms with van der Waals surface area (Å²) in [6, 6.07) is 9.14. The molecule has 19 heavy (non-hydrogen) atoms. The average molecular weight is 344 g/mol. The molecule has 1 heterocycles. The zero-order valence-electron chi connectivity index (χ0n) is 10.7. The summed E-state index contributed by atoms with van der Waals surface area (Å²) in [5.74, 6) is -0.0500. The quantitative estimate of drug-likeness (QED) is 0.803. The van der Waals surface area contributed by atoms with E-state index in [0.717, 1.165) is 9.47 Å². The summed E-state index contributed by atoms with van der Waals surface area (Å²) >= 11 is 5.10. The summed E-state index contributed by atoms with van der Waals surface area (Å²) in [6.45, 7) is 4.35. The number of hydrogen-bond acceptors (Lipinski definition) is 3. The topological polar surface area (TPSA) is 21.3 Å². The summed E-state index contributed by atoms with van der Waals surface area (Å²) in [4.78, 5) is 1.20. The van der Waals surface area contributed by atoms with Crippen molar-refractivity contribution in [2.24, 2.45) is 0 Å². The number of ether oxygens (including phenoxy) is 1. The van der Waals surface area contributed by atoms with E-state index < -0.39 is 0 Å². The molecule has 102 valence electrons. The van der Waals surface area contributed by atoms with Crippen molar-refractivity contribution in [2.75, 3.05) is 11.9 Å². The molecule has 0 aliphatic heterocycles. The lowest BCUT2D eigenvalue weighted by Gasteiger charge is -2.14. The van der Waals surface area contributed by atoms with E-state index in [1.807, 2.05) is 26.0 Å². The molecule has 0 saturated heterocycles. The maximum Gasteiger partial charge on any atom is 0.167 e. The first-order valence-electron chi connectivity index (χ1n) is 6.04. The summed E-state index contributed by atoms with van der Waals surface area (Å²) in [7, 11) is 0. The molecule has 5 heteroatoms. The van der Waals surface area contributed by atoms with Crippen LogP contribution in [0.1, 0.15) is 24.8 Å². The van der Waals surface area contributed by atoms with Gasteiger partial charge in [0.15, 0.2) is 11.6 Å². The van der Waals surface area contributed by atoms with Crippen LogP contribution in [0.25, 0.3) is 0 Å². The lowest BCUT2D eigenvalue weighted by Crippen LogP contribution is -2.05. The number of nitrogens with one attached hydrogen (secondary N) is 1. The monoisotopic (exact) mass is 343 g/mol. The Morgan fingerprint density at radius 1 is 1.37 bits per heavy atom. The van der Waals surface area contributed by atoms with Gasteiger partial charge in [0.2, 0.25) is 0 Å². The van der Waals surface area contributed by atoms with E-state index in [-0.39, 0.29) is 11.9 Å². The summed E-state index contributed by atoms with van der Waals surface area (Å²) in [5, 5.41) is 3.28. The van der Waals surface area contributed by atoms with Crippen LogP contribution in [0.2, 0.25) is 0 Å². The number of thiophene rings is 1. The molecule has 1 aromatic carbocycles. The summed E-state index contributed by atoms with van der Waals surface area (Å²) < 4.78 is 20.0. The molecule has 0 radical (unpaired) electrons. The van der Waals surface area contributed by atoms with Crippen LogP contribution < -0.4 is 10.1 Å². The van der Waals surface area contributed by atoms with Gasteiger partial charge in [-0.15, -0.1) is 11.3 Å². The van der Waals surface area contributed by atoms with Crippen LogP contribution in [-0.2, 0) is 0 Å². The zero-order valence-corrected chi connectivity index (χ0v) is 13.1. The molecular weight excluding hydrogens is 329 g/mol. The van der Waals surface area contributed by atoms with Crippen molar-refractivity contribution >= 4 is 33.0 Å². The number of anilines is 1. The highest BCUT2D eigenvalue weighted by molar-refractivity contribution is 9.11. The van der Waals surface area contributed by atoms with Gasteiger partial charge in [0, 0.05) is 16.6 Å². The van der Waals surface area contributed by atoms with Gasteiger partial charge in [0.25, 0.3) is 0 Å². The van der Waals surface area contributed by atoms with Gasteiger partial charge in [-0.25, -0.2) is 4.39 Å². The predicted octanol–water partition coefficient (Wildman–Crippen LogP) is 5.22. The molecule has 1 atom stereocenters. The highest BCUT2D eigenvalue weighted by Gasteiger charge is 2.10. The van der Waals surface area contributed by atoms with Gasteiger partial charge in [-0.1, -0.05) is 0 Å². The summed E-state index contributed by atoms with van der Waals surface area (Å²) in [5.41, 5.74) is 0.748. The Morgan fingerprint density at radius 3 is 2.74 bits per heavy atom. The van der Waals surface area contributed by atoms with Crippen molar-refractivity contribution in [3.05, 3.63) is 44.8 Å². The highest BCUT2D eigenvalue weighted by atomic mass is 79.9. The molecule has 2 nitrogen and oxygen atoms in total. The Kier molecular flexibility index (Phi) is 4.82. The fraction of sp³-hybridized carbons (Fsp3) is 0.286. The van der Waals surface area contributed by atoms with Crippen LogP contribution in [-0.4, -0.2) is 6.61 Å². The first-order chi connectivity index (χ1) is 9.10. The minimum absolute atomic E-state index is 0.133. The third-order valence-electron chi connectivity index (χ3n) is 2.64. The Morgan fingerprint density at radius 2 is 2.16 bits per heavy atom. The van der Waals surface area contributed by atoms with Crippen molar-refractivity contribution < 1.29 is 9.13 Å². The fourth-order valence-corrected chi connectivity index (χ4v) is 3.17. The molecule has 0 bridgehead atoms. The first kappa shape index (κ1) is 14.3. The SMILES string of the molecule is CCOc1ccc(NC(C)c2ccc(Br)s2)cc1F. The van der Waals surface area contributed by atoms with Gasteiger partial charge in [-0.3, -0.25) is 0 Å². The van der Waals surface area contributed by atoms with Crippen LogP contribution in [0.3, 0.4) is 0 Å². The lowest BCUT2D eigenvalue weighted by molar-refractivity contribution is 0.321. The lowest BCUT2D eigenvalue weighted by atomic mass is 10.2.